The molecule has 0 aromatic heterocycles. The summed E-state index contributed by atoms with van der Waals surface area (Å²) >= 11 is 0. The second-order valence-electron chi connectivity index (χ2n) is 2.41. The van der Waals surface area contributed by atoms with Gasteiger partial charge in [-0.05, 0) is 6.92 Å². The largest absolute Gasteiger partial charge is 0.0775 e. The molecule has 0 nitrogen and oxygen atoms in total. The van der Waals surface area contributed by atoms with Crippen molar-refractivity contribution in [1.29, 1.82) is 0 Å². The van der Waals surface area contributed by atoms with Gasteiger partial charge >= 0.3 is 0 Å². The first kappa shape index (κ1) is 2.02. The van der Waals surface area contributed by atoms with Crippen LogP contribution >= 0.6 is 0 Å². The summed E-state index contributed by atoms with van der Waals surface area (Å²) < 4.78 is 84.2. The summed E-state index contributed by atoms with van der Waals surface area (Å²) in [5.41, 5.74) is 0.230. The first-order chi connectivity index (χ1) is 9.57. The lowest BCUT2D eigenvalue weighted by molar-refractivity contribution is 1.48. The molecule has 0 aliphatic heterocycles. The smallest absolute Gasteiger partial charge is 0.0656 e. The van der Waals surface area contributed by atoms with Crippen molar-refractivity contribution in [2.24, 2.45) is 0 Å². The van der Waals surface area contributed by atoms with E-state index in [1.165, 1.54) is 6.92 Å². The fraction of sp³-hybridized carbons (Fsp3) is 0.400. The molecular weight excluding hydrogens is 148 g/mol. The minimum Gasteiger partial charge on any atom is -0.0656 e. The molecule has 0 spiro atoms. The van der Waals surface area contributed by atoms with Gasteiger partial charge in [0.15, 0.2) is 0 Å². The maximum absolute atomic E-state index is 7.75. The molecule has 0 radical (unpaired) electrons. The minimum absolute atomic E-state index is 0.230. The summed E-state index contributed by atoms with van der Waals surface area (Å²) in [5.74, 6) is 0. The molecule has 0 N–H and O–H groups in total. The zero-order chi connectivity index (χ0) is 17.7. The Morgan fingerprint density at radius 2 is 1.82 bits per heavy atom. The van der Waals surface area contributed by atoms with Crippen LogP contribution in [0.1, 0.15) is 20.6 Å². The normalized spacial score (nSPS) is 29.7. The van der Waals surface area contributed by atoms with Crippen molar-refractivity contribution in [1.82, 2.24) is 0 Å². The maximum Gasteiger partial charge on any atom is 0.0775 e. The summed E-state index contributed by atoms with van der Waals surface area (Å²) in [6.45, 7) is -8.26. The third kappa shape index (κ3) is 2.19. The highest BCUT2D eigenvalue weighted by molar-refractivity contribution is 6.88. The van der Waals surface area contributed by atoms with Crippen LogP contribution in [0.3, 0.4) is 0 Å². The molecule has 60 valence electrons. The monoisotopic (exact) mass is 175 g/mol. The zero-order valence-corrected chi connectivity index (χ0v) is 7.15. The van der Waals surface area contributed by atoms with Crippen LogP contribution in [0, 0.1) is 6.92 Å². The van der Waals surface area contributed by atoms with E-state index in [1.807, 2.05) is 0 Å². The van der Waals surface area contributed by atoms with E-state index in [-0.39, 0.29) is 17.6 Å². The Kier molecular flexibility index (Phi) is 0.518. The van der Waals surface area contributed by atoms with E-state index in [0.717, 1.165) is 12.1 Å². The molecule has 0 aliphatic rings. The molecule has 0 aliphatic carbocycles. The molecule has 0 saturated carbocycles. The third-order valence-corrected chi connectivity index (χ3v) is 2.48. The molecule has 0 saturated heterocycles. The van der Waals surface area contributed by atoms with E-state index in [9.17, 15) is 0 Å². The lowest BCUT2D eigenvalue weighted by atomic mass is 10.2. The van der Waals surface area contributed by atoms with Crippen molar-refractivity contribution in [3.63, 3.8) is 0 Å². The van der Waals surface area contributed by atoms with Crippen LogP contribution in [0.25, 0.3) is 0 Å². The molecule has 11 heavy (non-hydrogen) atoms. The first-order valence-electron chi connectivity index (χ1n) is 8.65. The van der Waals surface area contributed by atoms with E-state index >= 15 is 0 Å². The SMILES string of the molecule is [2H]c1cc([Si](C([2H])([2H])[2H])(C([2H])([2H])[2H])C([2H])([2H])[2H])cc([2H])c1C. The second-order valence-corrected chi connectivity index (χ2v) is 4.49. The number of rotatable bonds is 1. The predicted molar refractivity (Wildman–Crippen MR) is 54.2 cm³/mol. The van der Waals surface area contributed by atoms with Crippen molar-refractivity contribution in [2.45, 2.75) is 26.3 Å². The Morgan fingerprint density at radius 1 is 1.27 bits per heavy atom. The average molecular weight is 175 g/mol. The summed E-state index contributed by atoms with van der Waals surface area (Å²) in [6, 6.07) is 1.48. The van der Waals surface area contributed by atoms with Gasteiger partial charge in [-0.3, -0.25) is 0 Å². The molecule has 0 bridgehead atoms. The molecule has 1 aromatic rings. The van der Waals surface area contributed by atoms with E-state index in [1.54, 1.807) is 0 Å². The first-order valence-corrected chi connectivity index (χ1v) is 5.15. The molecule has 0 atom stereocenters. The van der Waals surface area contributed by atoms with Crippen LogP contribution in [-0.4, -0.2) is 8.07 Å². The van der Waals surface area contributed by atoms with Gasteiger partial charge in [0.25, 0.3) is 0 Å². The van der Waals surface area contributed by atoms with E-state index in [0.29, 0.717) is 0 Å². The van der Waals surface area contributed by atoms with E-state index < -0.39 is 32.7 Å². The van der Waals surface area contributed by atoms with Crippen molar-refractivity contribution in [2.75, 3.05) is 0 Å². The van der Waals surface area contributed by atoms with Gasteiger partial charge in [-0.25, -0.2) is 0 Å². The Balaban J connectivity index is 3.96. The van der Waals surface area contributed by atoms with Crippen molar-refractivity contribution < 1.29 is 15.1 Å². The summed E-state index contributed by atoms with van der Waals surface area (Å²) in [5, 5.41) is -0.423. The van der Waals surface area contributed by atoms with Crippen molar-refractivity contribution in [3.8, 4) is 0 Å². The van der Waals surface area contributed by atoms with E-state index in [2.05, 4.69) is 0 Å². The van der Waals surface area contributed by atoms with Gasteiger partial charge in [-0.1, -0.05) is 54.4 Å². The molecule has 0 heterocycles. The molecule has 0 fully saturated rings. The fourth-order valence-electron chi connectivity index (χ4n) is 0.672. The van der Waals surface area contributed by atoms with Gasteiger partial charge in [0.05, 0.1) is 10.8 Å². The molecule has 1 aromatic carbocycles. The van der Waals surface area contributed by atoms with Gasteiger partial charge in [0, 0.05) is 12.3 Å². The minimum atomic E-state index is -5.10. The van der Waals surface area contributed by atoms with Crippen LogP contribution < -0.4 is 5.19 Å². The second kappa shape index (κ2) is 2.82. The van der Waals surface area contributed by atoms with Crippen LogP contribution in [0.2, 0.25) is 19.4 Å². The Hall–Kier alpha value is -0.563. The lowest BCUT2D eigenvalue weighted by Crippen LogP contribution is -2.37. The van der Waals surface area contributed by atoms with Crippen LogP contribution in [0.4, 0.5) is 0 Å². The zero-order valence-electron chi connectivity index (χ0n) is 17.2. The highest BCUT2D eigenvalue weighted by atomic mass is 28.3. The summed E-state index contributed by atoms with van der Waals surface area (Å²) in [4.78, 5) is 0. The number of hydrogen-bond donors (Lipinski definition) is 0. The maximum atomic E-state index is 7.75. The van der Waals surface area contributed by atoms with Gasteiger partial charge in [-0.15, -0.1) is 0 Å². The van der Waals surface area contributed by atoms with Crippen LogP contribution in [0.15, 0.2) is 24.2 Å². The van der Waals surface area contributed by atoms with E-state index in [4.69, 9.17) is 15.1 Å². The average Bonchev–Trinajstić information content (AvgIpc) is 2.19. The highest BCUT2D eigenvalue weighted by Gasteiger charge is 2.14. The Morgan fingerprint density at radius 3 is 2.27 bits per heavy atom. The fourth-order valence-corrected chi connectivity index (χ4v) is 1.25. The molecule has 1 heteroatoms. The van der Waals surface area contributed by atoms with Gasteiger partial charge < -0.3 is 0 Å². The highest BCUT2D eigenvalue weighted by Crippen LogP contribution is 2.03. The van der Waals surface area contributed by atoms with Gasteiger partial charge in [0.1, 0.15) is 0 Å². The Bertz CT molecular complexity index is 507. The summed E-state index contributed by atoms with van der Waals surface area (Å²) in [7, 11) is -5.10. The molecular formula is C10H16Si. The van der Waals surface area contributed by atoms with Crippen molar-refractivity contribution in [3.05, 3.63) is 29.8 Å². The van der Waals surface area contributed by atoms with Gasteiger partial charge in [0.2, 0.25) is 0 Å². The van der Waals surface area contributed by atoms with Gasteiger partial charge in [-0.2, -0.15) is 0 Å². The molecule has 0 amide bonds. The molecule has 0 unspecified atom stereocenters. The number of hydrogen-bond acceptors (Lipinski definition) is 0. The quantitative estimate of drug-likeness (QED) is 0.576. The Labute approximate surface area is 85.7 Å². The topological polar surface area (TPSA) is 0 Å². The number of benzene rings is 1. The van der Waals surface area contributed by atoms with Crippen LogP contribution in [-0.2, 0) is 0 Å². The van der Waals surface area contributed by atoms with Crippen molar-refractivity contribution >= 4 is 13.3 Å². The summed E-state index contributed by atoms with van der Waals surface area (Å²) in [6.07, 6.45) is 0. The predicted octanol–water partition coefficient (Wildman–Crippen LogP) is 2.54. The molecule has 1 rings (SSSR count). The third-order valence-electron chi connectivity index (χ3n) is 1.32. The van der Waals surface area contributed by atoms with Crippen LogP contribution in [0.5, 0.6) is 0 Å². The standard InChI is InChI=1S/C10H16Si/c1-9-5-7-10(8-6-9)11(2,3)4/h5-8H,1-4H3/i2D3,3D3,4D3,5D,6D. The lowest BCUT2D eigenvalue weighted by Gasteiger charge is -2.16.